The van der Waals surface area contributed by atoms with Crippen LogP contribution in [0.25, 0.3) is 16.7 Å². The van der Waals surface area contributed by atoms with Crippen molar-refractivity contribution in [2.75, 3.05) is 56.6 Å². The summed E-state index contributed by atoms with van der Waals surface area (Å²) >= 11 is 0. The molecule has 0 bridgehead atoms. The van der Waals surface area contributed by atoms with Gasteiger partial charge in [-0.2, -0.15) is 0 Å². The zero-order valence-corrected chi connectivity index (χ0v) is 23.3. The molecule has 0 saturated carbocycles. The molecule has 40 heavy (non-hydrogen) atoms. The molecule has 1 aromatic carbocycles. The summed E-state index contributed by atoms with van der Waals surface area (Å²) in [4.78, 5) is 27.7. The molecule has 0 unspecified atom stereocenters. The maximum absolute atomic E-state index is 13.7. The van der Waals surface area contributed by atoms with Crippen LogP contribution in [0.4, 0.5) is 11.4 Å². The first kappa shape index (κ1) is 26.6. The molecule has 2 fully saturated rings. The average molecular weight is 539 g/mol. The monoisotopic (exact) mass is 538 g/mol. The van der Waals surface area contributed by atoms with Gasteiger partial charge in [0.15, 0.2) is 0 Å². The van der Waals surface area contributed by atoms with Crippen LogP contribution >= 0.6 is 0 Å². The van der Waals surface area contributed by atoms with Gasteiger partial charge in [-0.25, -0.2) is 0 Å². The Morgan fingerprint density at radius 2 is 1.77 bits per heavy atom. The molecule has 0 spiro atoms. The third-order valence-electron chi connectivity index (χ3n) is 8.09. The molecule has 0 atom stereocenters. The Kier molecular flexibility index (Phi) is 8.18. The maximum atomic E-state index is 13.7. The fourth-order valence-electron chi connectivity index (χ4n) is 5.85. The maximum Gasteiger partial charge on any atom is 0.256 e. The number of benzene rings is 1. The first-order valence-electron chi connectivity index (χ1n) is 14.5. The minimum absolute atomic E-state index is 0.0969. The fourth-order valence-corrected chi connectivity index (χ4v) is 5.85. The zero-order chi connectivity index (χ0) is 27.3. The van der Waals surface area contributed by atoms with Gasteiger partial charge in [-0.05, 0) is 79.4 Å². The third kappa shape index (κ3) is 6.09. The number of nitrogens with zero attached hydrogens (tertiary/aromatic N) is 4. The predicted octanol–water partition coefficient (Wildman–Crippen LogP) is 4.80. The van der Waals surface area contributed by atoms with Crippen LogP contribution in [0.3, 0.4) is 0 Å². The first-order chi connectivity index (χ1) is 19.7. The second kappa shape index (κ2) is 12.3. The van der Waals surface area contributed by atoms with E-state index in [0.717, 1.165) is 98.1 Å². The number of ether oxygens (including phenoxy) is 1. The molecule has 0 aliphatic carbocycles. The highest BCUT2D eigenvalue weighted by atomic mass is 16.5. The average Bonchev–Trinajstić information content (AvgIpc) is 3.51. The van der Waals surface area contributed by atoms with Crippen LogP contribution < -0.4 is 10.6 Å². The molecule has 0 radical (unpaired) electrons. The van der Waals surface area contributed by atoms with E-state index in [1.54, 1.807) is 6.20 Å². The van der Waals surface area contributed by atoms with Gasteiger partial charge >= 0.3 is 0 Å². The highest BCUT2D eigenvalue weighted by Crippen LogP contribution is 2.36. The van der Waals surface area contributed by atoms with Crippen LogP contribution in [0.2, 0.25) is 0 Å². The van der Waals surface area contributed by atoms with Gasteiger partial charge in [-0.1, -0.05) is 13.0 Å². The highest BCUT2D eigenvalue weighted by Gasteiger charge is 2.24. The summed E-state index contributed by atoms with van der Waals surface area (Å²) in [6, 6.07) is 12.5. The molecule has 6 rings (SSSR count). The Morgan fingerprint density at radius 3 is 2.55 bits per heavy atom. The topological polar surface area (TPSA) is 82.6 Å². The molecule has 3 aliphatic heterocycles. The third-order valence-corrected chi connectivity index (χ3v) is 8.09. The van der Waals surface area contributed by atoms with Gasteiger partial charge in [0.2, 0.25) is 0 Å². The normalized spacial score (nSPS) is 17.9. The van der Waals surface area contributed by atoms with E-state index in [-0.39, 0.29) is 5.91 Å². The number of likely N-dealkylation sites (tertiary alicyclic amines) is 1. The van der Waals surface area contributed by atoms with Crippen molar-refractivity contribution in [3.63, 3.8) is 0 Å². The molecule has 2 N–H and O–H groups in total. The number of amides is 1. The largest absolute Gasteiger partial charge is 0.381 e. The standard InChI is InChI=1S/C32H38N6O2/c1-2-24-19-35-30-8-5-25(26-15-23(17-33-18-26)21-37-9-3-4-10-37)16-29(30)31(24)32(39)36-27-6-7-28(34-20-27)22-38-11-13-40-14-12-38/h5-8,15-18,20,35H,2-4,9-14,19,21-22H2,1H3,(H,36,39). The van der Waals surface area contributed by atoms with Crippen molar-refractivity contribution in [3.05, 3.63) is 77.4 Å². The van der Waals surface area contributed by atoms with Gasteiger partial charge in [0, 0.05) is 67.5 Å². The first-order valence-corrected chi connectivity index (χ1v) is 14.5. The van der Waals surface area contributed by atoms with Crippen molar-refractivity contribution in [1.82, 2.24) is 19.8 Å². The van der Waals surface area contributed by atoms with Crippen LogP contribution in [0, 0.1) is 0 Å². The van der Waals surface area contributed by atoms with Gasteiger partial charge in [-0.3, -0.25) is 24.6 Å². The smallest absolute Gasteiger partial charge is 0.256 e. The Balaban J connectivity index is 1.21. The molecule has 2 saturated heterocycles. The van der Waals surface area contributed by atoms with Crippen molar-refractivity contribution >= 4 is 22.9 Å². The summed E-state index contributed by atoms with van der Waals surface area (Å²) in [7, 11) is 0. The minimum atomic E-state index is -0.0969. The lowest BCUT2D eigenvalue weighted by atomic mass is 9.90. The lowest BCUT2D eigenvalue weighted by molar-refractivity contribution is -0.111. The summed E-state index contributed by atoms with van der Waals surface area (Å²) in [6.45, 7) is 10.2. The number of rotatable bonds is 8. The van der Waals surface area contributed by atoms with Crippen molar-refractivity contribution in [3.8, 4) is 11.1 Å². The number of fused-ring (bicyclic) bond motifs is 1. The highest BCUT2D eigenvalue weighted by molar-refractivity contribution is 6.28. The molecule has 8 nitrogen and oxygen atoms in total. The zero-order valence-electron chi connectivity index (χ0n) is 23.3. The number of carbonyl (C=O) groups is 1. The van der Waals surface area contributed by atoms with Crippen molar-refractivity contribution in [2.24, 2.45) is 0 Å². The Bertz CT molecular complexity index is 1370. The van der Waals surface area contributed by atoms with Crippen LogP contribution in [0.5, 0.6) is 0 Å². The Morgan fingerprint density at radius 1 is 0.950 bits per heavy atom. The van der Waals surface area contributed by atoms with Crippen LogP contribution in [0.15, 0.2) is 60.6 Å². The Hall–Kier alpha value is -3.59. The van der Waals surface area contributed by atoms with Gasteiger partial charge in [0.1, 0.15) is 0 Å². The molecule has 8 heteroatoms. The fraction of sp³-hybridized carbons (Fsp3) is 0.406. The summed E-state index contributed by atoms with van der Waals surface area (Å²) in [6.07, 6.45) is 8.99. The van der Waals surface area contributed by atoms with Gasteiger partial charge < -0.3 is 15.4 Å². The second-order valence-corrected chi connectivity index (χ2v) is 10.9. The van der Waals surface area contributed by atoms with E-state index in [0.29, 0.717) is 12.2 Å². The number of nitrogens with one attached hydrogen (secondary N) is 2. The van der Waals surface area contributed by atoms with Crippen LogP contribution in [0.1, 0.15) is 43.0 Å². The molecule has 2 aromatic heterocycles. The van der Waals surface area contributed by atoms with E-state index < -0.39 is 0 Å². The number of hydrogen-bond donors (Lipinski definition) is 2. The van der Waals surface area contributed by atoms with Gasteiger partial charge in [0.25, 0.3) is 5.91 Å². The number of anilines is 2. The second-order valence-electron chi connectivity index (χ2n) is 10.9. The summed E-state index contributed by atoms with van der Waals surface area (Å²) in [5, 5.41) is 6.63. The Labute approximate surface area is 236 Å². The molecule has 5 heterocycles. The van der Waals surface area contributed by atoms with Crippen molar-refractivity contribution in [1.29, 1.82) is 0 Å². The van der Waals surface area contributed by atoms with E-state index in [4.69, 9.17) is 4.74 Å². The van der Waals surface area contributed by atoms with Gasteiger partial charge in [-0.15, -0.1) is 0 Å². The van der Waals surface area contributed by atoms with Crippen LogP contribution in [-0.2, 0) is 22.6 Å². The lowest BCUT2D eigenvalue weighted by Crippen LogP contribution is -2.35. The lowest BCUT2D eigenvalue weighted by Gasteiger charge is -2.26. The van der Waals surface area contributed by atoms with Crippen LogP contribution in [-0.4, -0.2) is 71.6 Å². The van der Waals surface area contributed by atoms with E-state index in [1.165, 1.54) is 18.4 Å². The predicted molar refractivity (Wildman–Crippen MR) is 159 cm³/mol. The van der Waals surface area contributed by atoms with E-state index in [2.05, 4.69) is 61.6 Å². The SMILES string of the molecule is CCC1=C(C(=O)Nc2ccc(CN3CCOCC3)nc2)c2cc(-c3cncc(CN4CCCC4)c3)ccc2NC1. The van der Waals surface area contributed by atoms with E-state index in [1.807, 2.05) is 24.5 Å². The minimum Gasteiger partial charge on any atom is -0.381 e. The molecule has 3 aromatic rings. The number of hydrogen-bond acceptors (Lipinski definition) is 7. The number of morpholine rings is 1. The molecule has 1 amide bonds. The molecule has 3 aliphatic rings. The molecular weight excluding hydrogens is 500 g/mol. The van der Waals surface area contributed by atoms with Gasteiger partial charge in [0.05, 0.1) is 30.8 Å². The van der Waals surface area contributed by atoms with Crippen molar-refractivity contribution < 1.29 is 9.53 Å². The van der Waals surface area contributed by atoms with E-state index in [9.17, 15) is 4.79 Å². The van der Waals surface area contributed by atoms with E-state index >= 15 is 0 Å². The summed E-state index contributed by atoms with van der Waals surface area (Å²) in [5.74, 6) is -0.0969. The number of pyridine rings is 2. The van der Waals surface area contributed by atoms with Crippen molar-refractivity contribution in [2.45, 2.75) is 39.3 Å². The molecule has 208 valence electrons. The summed E-state index contributed by atoms with van der Waals surface area (Å²) < 4.78 is 5.44. The molecular formula is C32H38N6O2. The summed E-state index contributed by atoms with van der Waals surface area (Å²) in [5.41, 5.74) is 8.81. The quantitative estimate of drug-likeness (QED) is 0.426. The number of aromatic nitrogens is 2. The number of carbonyl (C=O) groups excluding carboxylic acids is 1.